The number of carbonyl (C=O) groups excluding carboxylic acids is 1. The molecule has 0 radical (unpaired) electrons. The summed E-state index contributed by atoms with van der Waals surface area (Å²) in [6.07, 6.45) is 7.93. The van der Waals surface area contributed by atoms with E-state index in [1.54, 1.807) is 18.5 Å². The summed E-state index contributed by atoms with van der Waals surface area (Å²) in [7, 11) is 0. The summed E-state index contributed by atoms with van der Waals surface area (Å²) in [4.78, 5) is 37.9. The number of H-pyrrole nitrogens is 1. The van der Waals surface area contributed by atoms with Crippen molar-refractivity contribution in [2.45, 2.75) is 32.1 Å². The predicted molar refractivity (Wildman–Crippen MR) is 121 cm³/mol. The first-order valence-corrected chi connectivity index (χ1v) is 11.2. The molecule has 164 valence electrons. The second-order valence-corrected chi connectivity index (χ2v) is 8.37. The van der Waals surface area contributed by atoms with E-state index in [1.807, 2.05) is 29.2 Å². The van der Waals surface area contributed by atoms with Crippen molar-refractivity contribution in [3.05, 3.63) is 81.0 Å². The lowest BCUT2D eigenvalue weighted by Gasteiger charge is -2.34. The molecule has 1 N–H and O–H groups in total. The van der Waals surface area contributed by atoms with E-state index in [0.717, 1.165) is 48.1 Å². The topological polar surface area (TPSA) is 95.1 Å². The van der Waals surface area contributed by atoms with Crippen LogP contribution in [0.5, 0.6) is 0 Å². The van der Waals surface area contributed by atoms with Crippen LogP contribution in [0.15, 0.2) is 47.5 Å². The fourth-order valence-corrected chi connectivity index (χ4v) is 4.63. The van der Waals surface area contributed by atoms with Crippen molar-refractivity contribution in [3.8, 4) is 0 Å². The van der Waals surface area contributed by atoms with Crippen molar-refractivity contribution < 1.29 is 4.79 Å². The van der Waals surface area contributed by atoms with Gasteiger partial charge in [-0.1, -0.05) is 12.1 Å². The molecule has 1 aliphatic heterocycles. The second-order valence-electron chi connectivity index (χ2n) is 8.37. The lowest BCUT2D eigenvalue weighted by atomic mass is 9.90. The number of benzene rings is 1. The van der Waals surface area contributed by atoms with Crippen LogP contribution in [-0.2, 0) is 19.3 Å². The number of piperazine rings is 1. The van der Waals surface area contributed by atoms with Gasteiger partial charge in [0.15, 0.2) is 0 Å². The summed E-state index contributed by atoms with van der Waals surface area (Å²) in [5.41, 5.74) is 4.54. The number of anilines is 1. The van der Waals surface area contributed by atoms with Gasteiger partial charge in [-0.25, -0.2) is 15.1 Å². The number of rotatable bonds is 4. The van der Waals surface area contributed by atoms with E-state index in [0.29, 0.717) is 44.1 Å². The van der Waals surface area contributed by atoms with Crippen LogP contribution in [0.4, 0.5) is 5.95 Å². The van der Waals surface area contributed by atoms with E-state index < -0.39 is 0 Å². The first kappa shape index (κ1) is 20.4. The van der Waals surface area contributed by atoms with Gasteiger partial charge >= 0.3 is 0 Å². The van der Waals surface area contributed by atoms with Crippen LogP contribution in [0.2, 0.25) is 0 Å². The van der Waals surface area contributed by atoms with Crippen molar-refractivity contribution >= 4 is 11.9 Å². The third-order valence-corrected chi connectivity index (χ3v) is 6.33. The van der Waals surface area contributed by atoms with Crippen LogP contribution in [0.1, 0.15) is 45.6 Å². The highest BCUT2D eigenvalue weighted by atomic mass is 16.2. The highest BCUT2D eigenvalue weighted by Crippen LogP contribution is 2.22. The Hall–Kier alpha value is -3.55. The molecule has 1 amide bonds. The normalized spacial score (nSPS) is 16.0. The molecule has 1 fully saturated rings. The number of hydrogen-bond acceptors (Lipinski definition) is 6. The highest BCUT2D eigenvalue weighted by Gasteiger charge is 2.24. The Bertz CT molecular complexity index is 1170. The SMILES string of the molecule is O=C(c1cccc(Cc2n[nH]c(=O)c3c2CCCC3)c1)N1CCN(c2ncccn2)CC1. The van der Waals surface area contributed by atoms with Gasteiger partial charge in [0.2, 0.25) is 5.95 Å². The zero-order valence-electron chi connectivity index (χ0n) is 18.0. The molecule has 0 spiro atoms. The first-order valence-electron chi connectivity index (χ1n) is 11.2. The Kier molecular flexibility index (Phi) is 5.66. The third-order valence-electron chi connectivity index (χ3n) is 6.33. The molecule has 3 aromatic rings. The van der Waals surface area contributed by atoms with E-state index in [1.165, 1.54) is 0 Å². The van der Waals surface area contributed by atoms with E-state index >= 15 is 0 Å². The van der Waals surface area contributed by atoms with Crippen LogP contribution in [0.3, 0.4) is 0 Å². The Morgan fingerprint density at radius 2 is 1.72 bits per heavy atom. The first-order chi connectivity index (χ1) is 15.7. The molecule has 2 aliphatic rings. The molecular formula is C24H26N6O2. The van der Waals surface area contributed by atoms with Gasteiger partial charge in [0, 0.05) is 56.1 Å². The van der Waals surface area contributed by atoms with Crippen molar-refractivity contribution in [1.82, 2.24) is 25.1 Å². The maximum Gasteiger partial charge on any atom is 0.267 e. The molecule has 2 aromatic heterocycles. The predicted octanol–water partition coefficient (Wildman–Crippen LogP) is 1.99. The van der Waals surface area contributed by atoms with Crippen LogP contribution in [0, 0.1) is 0 Å². The summed E-state index contributed by atoms with van der Waals surface area (Å²) < 4.78 is 0. The maximum absolute atomic E-state index is 13.1. The number of aromatic amines is 1. The van der Waals surface area contributed by atoms with Crippen molar-refractivity contribution in [2.75, 3.05) is 31.1 Å². The Morgan fingerprint density at radius 3 is 2.50 bits per heavy atom. The Morgan fingerprint density at radius 1 is 0.969 bits per heavy atom. The van der Waals surface area contributed by atoms with Gasteiger partial charge in [-0.05, 0) is 55.0 Å². The van der Waals surface area contributed by atoms with E-state index in [2.05, 4.69) is 25.1 Å². The number of aromatic nitrogens is 4. The number of fused-ring (bicyclic) bond motifs is 1. The van der Waals surface area contributed by atoms with Crippen LogP contribution < -0.4 is 10.5 Å². The van der Waals surface area contributed by atoms with Crippen LogP contribution in [0.25, 0.3) is 0 Å². The summed E-state index contributed by atoms with van der Waals surface area (Å²) in [6.45, 7) is 2.69. The minimum absolute atomic E-state index is 0.0388. The number of hydrogen-bond donors (Lipinski definition) is 1. The standard InChI is InChI=1S/C24H26N6O2/c31-22-20-8-2-1-7-19(20)21(27-28-22)16-17-5-3-6-18(15-17)23(32)29-11-13-30(14-12-29)24-25-9-4-10-26-24/h3-6,9-10,15H,1-2,7-8,11-14,16H2,(H,28,31). The fourth-order valence-electron chi connectivity index (χ4n) is 4.63. The van der Waals surface area contributed by atoms with Gasteiger partial charge in [0.05, 0.1) is 5.69 Å². The largest absolute Gasteiger partial charge is 0.337 e. The second kappa shape index (κ2) is 8.90. The zero-order chi connectivity index (χ0) is 21.9. The molecule has 0 saturated carbocycles. The van der Waals surface area contributed by atoms with Crippen LogP contribution >= 0.6 is 0 Å². The van der Waals surface area contributed by atoms with E-state index in [4.69, 9.17) is 0 Å². The van der Waals surface area contributed by atoms with Gasteiger partial charge in [-0.15, -0.1) is 0 Å². The van der Waals surface area contributed by atoms with E-state index in [9.17, 15) is 9.59 Å². The monoisotopic (exact) mass is 430 g/mol. The van der Waals surface area contributed by atoms with Gasteiger partial charge in [-0.3, -0.25) is 9.59 Å². The molecule has 32 heavy (non-hydrogen) atoms. The molecular weight excluding hydrogens is 404 g/mol. The van der Waals surface area contributed by atoms with E-state index in [-0.39, 0.29) is 11.5 Å². The van der Waals surface area contributed by atoms with Gasteiger partial charge in [-0.2, -0.15) is 5.10 Å². The summed E-state index contributed by atoms with van der Waals surface area (Å²) >= 11 is 0. The fraction of sp³-hybridized carbons (Fsp3) is 0.375. The van der Waals surface area contributed by atoms with Crippen molar-refractivity contribution in [1.29, 1.82) is 0 Å². The molecule has 1 aromatic carbocycles. The summed E-state index contributed by atoms with van der Waals surface area (Å²) in [5.74, 6) is 0.746. The molecule has 8 heteroatoms. The zero-order valence-corrected chi connectivity index (χ0v) is 18.0. The van der Waals surface area contributed by atoms with Crippen molar-refractivity contribution in [2.24, 2.45) is 0 Å². The molecule has 5 rings (SSSR count). The number of nitrogens with one attached hydrogen (secondary N) is 1. The average molecular weight is 431 g/mol. The average Bonchev–Trinajstić information content (AvgIpc) is 2.86. The minimum Gasteiger partial charge on any atom is -0.337 e. The maximum atomic E-state index is 13.1. The number of nitrogens with zero attached hydrogens (tertiary/aromatic N) is 5. The molecule has 0 atom stereocenters. The Balaban J connectivity index is 1.29. The van der Waals surface area contributed by atoms with Gasteiger partial charge < -0.3 is 9.80 Å². The molecule has 0 unspecified atom stereocenters. The van der Waals surface area contributed by atoms with Crippen LogP contribution in [-0.4, -0.2) is 57.2 Å². The minimum atomic E-state index is -0.0626. The summed E-state index contributed by atoms with van der Waals surface area (Å²) in [5, 5.41) is 7.00. The number of amides is 1. The molecule has 3 heterocycles. The van der Waals surface area contributed by atoms with Gasteiger partial charge in [0.25, 0.3) is 11.5 Å². The lowest BCUT2D eigenvalue weighted by molar-refractivity contribution is 0.0746. The summed E-state index contributed by atoms with van der Waals surface area (Å²) in [6, 6.07) is 9.57. The third kappa shape index (κ3) is 4.12. The Labute approximate surface area is 186 Å². The molecule has 1 aliphatic carbocycles. The number of carbonyl (C=O) groups is 1. The molecule has 1 saturated heterocycles. The van der Waals surface area contributed by atoms with Gasteiger partial charge in [0.1, 0.15) is 0 Å². The molecule has 0 bridgehead atoms. The molecule has 8 nitrogen and oxygen atoms in total. The highest BCUT2D eigenvalue weighted by molar-refractivity contribution is 5.94. The lowest BCUT2D eigenvalue weighted by Crippen LogP contribution is -2.49. The van der Waals surface area contributed by atoms with Crippen molar-refractivity contribution in [3.63, 3.8) is 0 Å². The smallest absolute Gasteiger partial charge is 0.267 e. The quantitative estimate of drug-likeness (QED) is 0.680.